The molecule has 0 aliphatic rings. The van der Waals surface area contributed by atoms with Gasteiger partial charge in [-0.3, -0.25) is 13.8 Å². The molecule has 0 aliphatic heterocycles. The molecule has 0 aliphatic carbocycles. The lowest BCUT2D eigenvalue weighted by Gasteiger charge is -2.20. The second-order valence-electron chi connectivity index (χ2n) is 13.1. The van der Waals surface area contributed by atoms with Crippen LogP contribution in [-0.4, -0.2) is 49.9 Å². The molecular formula is C38H76NO7P. The first kappa shape index (κ1) is 46.2. The van der Waals surface area contributed by atoms with Gasteiger partial charge >= 0.3 is 13.8 Å². The minimum absolute atomic E-state index is 0.0936. The number of esters is 1. The van der Waals surface area contributed by atoms with Crippen LogP contribution in [0.25, 0.3) is 0 Å². The van der Waals surface area contributed by atoms with Gasteiger partial charge in [0.15, 0.2) is 0 Å². The van der Waals surface area contributed by atoms with Gasteiger partial charge in [0.05, 0.1) is 19.8 Å². The second-order valence-corrected chi connectivity index (χ2v) is 14.6. The van der Waals surface area contributed by atoms with Gasteiger partial charge in [0.2, 0.25) is 0 Å². The van der Waals surface area contributed by atoms with Crippen molar-refractivity contribution in [1.82, 2.24) is 0 Å². The Kier molecular flexibility index (Phi) is 35.9. The van der Waals surface area contributed by atoms with Gasteiger partial charge in [-0.2, -0.15) is 0 Å². The molecule has 0 rings (SSSR count). The largest absolute Gasteiger partial charge is 0.472 e. The number of ether oxygens (including phenoxy) is 2. The molecule has 0 aromatic carbocycles. The first-order chi connectivity index (χ1) is 22.9. The maximum absolute atomic E-state index is 12.5. The summed E-state index contributed by atoms with van der Waals surface area (Å²) in [5.41, 5.74) is 5.35. The van der Waals surface area contributed by atoms with Crippen LogP contribution in [0.1, 0.15) is 187 Å². The van der Waals surface area contributed by atoms with Gasteiger partial charge in [0.1, 0.15) is 6.10 Å². The zero-order chi connectivity index (χ0) is 34.5. The van der Waals surface area contributed by atoms with Crippen molar-refractivity contribution in [2.45, 2.75) is 193 Å². The molecule has 3 N–H and O–H groups in total. The second kappa shape index (κ2) is 36.5. The zero-order valence-electron chi connectivity index (χ0n) is 30.8. The molecule has 0 aromatic rings. The van der Waals surface area contributed by atoms with Crippen LogP contribution in [0, 0.1) is 0 Å². The van der Waals surface area contributed by atoms with Crippen molar-refractivity contribution in [2.24, 2.45) is 5.73 Å². The molecule has 2 atom stereocenters. The SMILES string of the molecule is CCCCCCCC/C=C\CCCCCCCCOCC(COP(=O)(O)OCCN)OC(=O)CCCCCCCCCCCCCC. The normalized spacial score (nSPS) is 13.7. The number of nitrogens with two attached hydrogens (primary N) is 1. The van der Waals surface area contributed by atoms with E-state index in [1.54, 1.807) is 0 Å². The van der Waals surface area contributed by atoms with Crippen LogP contribution in [0.3, 0.4) is 0 Å². The Morgan fingerprint density at radius 1 is 0.617 bits per heavy atom. The minimum atomic E-state index is -4.27. The number of allylic oxidation sites excluding steroid dienone is 2. The lowest BCUT2D eigenvalue weighted by molar-refractivity contribution is -0.154. The van der Waals surface area contributed by atoms with Gasteiger partial charge < -0.3 is 20.1 Å². The van der Waals surface area contributed by atoms with Crippen LogP contribution in [-0.2, 0) is 27.9 Å². The van der Waals surface area contributed by atoms with E-state index < -0.39 is 13.9 Å². The zero-order valence-corrected chi connectivity index (χ0v) is 31.7. The monoisotopic (exact) mass is 690 g/mol. The first-order valence-electron chi connectivity index (χ1n) is 19.7. The summed E-state index contributed by atoms with van der Waals surface area (Å²) in [7, 11) is -4.27. The predicted molar refractivity (Wildman–Crippen MR) is 197 cm³/mol. The van der Waals surface area contributed by atoms with Gasteiger partial charge in [0, 0.05) is 19.6 Å². The molecule has 0 heterocycles. The van der Waals surface area contributed by atoms with Crippen LogP contribution in [0.5, 0.6) is 0 Å². The van der Waals surface area contributed by atoms with Crippen molar-refractivity contribution in [1.29, 1.82) is 0 Å². The molecule has 0 aromatic heterocycles. The van der Waals surface area contributed by atoms with E-state index in [2.05, 4.69) is 26.0 Å². The van der Waals surface area contributed by atoms with Crippen LogP contribution < -0.4 is 5.73 Å². The van der Waals surface area contributed by atoms with Crippen LogP contribution in [0.2, 0.25) is 0 Å². The standard InChI is InChI=1S/C38H76NO7P/c1-3-5-7-9-11-13-15-17-18-19-20-22-24-26-28-30-33-43-35-37(36-45-47(41,42)44-34-32-39)46-38(40)31-29-27-25-23-21-16-14-12-10-8-6-4-2/h17-18,37H,3-16,19-36,39H2,1-2H3,(H,41,42)/b18-17-. The third-order valence-corrected chi connectivity index (χ3v) is 9.42. The summed E-state index contributed by atoms with van der Waals surface area (Å²) < 4.78 is 33.3. The Morgan fingerprint density at radius 2 is 1.06 bits per heavy atom. The van der Waals surface area contributed by atoms with Crippen LogP contribution >= 0.6 is 7.82 Å². The number of hydrogen-bond donors (Lipinski definition) is 2. The predicted octanol–water partition coefficient (Wildman–Crippen LogP) is 11.1. The fourth-order valence-corrected chi connectivity index (χ4v) is 6.29. The molecule has 47 heavy (non-hydrogen) atoms. The van der Waals surface area contributed by atoms with E-state index >= 15 is 0 Å². The van der Waals surface area contributed by atoms with E-state index in [-0.39, 0.29) is 32.3 Å². The Bertz CT molecular complexity index is 737. The molecule has 0 amide bonds. The lowest BCUT2D eigenvalue weighted by atomic mass is 10.0. The van der Waals surface area contributed by atoms with E-state index in [1.807, 2.05) is 0 Å². The Labute approximate surface area is 290 Å². The third-order valence-electron chi connectivity index (χ3n) is 8.43. The number of rotatable bonds is 38. The average Bonchev–Trinajstić information content (AvgIpc) is 3.06. The number of phosphoric ester groups is 1. The third kappa shape index (κ3) is 36.3. The van der Waals surface area contributed by atoms with Crippen molar-refractivity contribution in [3.05, 3.63) is 12.2 Å². The number of carbonyl (C=O) groups is 1. The van der Waals surface area contributed by atoms with E-state index in [4.69, 9.17) is 24.3 Å². The summed E-state index contributed by atoms with van der Waals surface area (Å²) in [4.78, 5) is 22.4. The molecule has 0 bridgehead atoms. The van der Waals surface area contributed by atoms with Crippen LogP contribution in [0.4, 0.5) is 0 Å². The van der Waals surface area contributed by atoms with Gasteiger partial charge in [0.25, 0.3) is 0 Å². The summed E-state index contributed by atoms with van der Waals surface area (Å²) in [6.45, 7) is 4.92. The molecule has 0 spiro atoms. The number of hydrogen-bond acceptors (Lipinski definition) is 7. The fraction of sp³-hybridized carbons (Fsp3) is 0.921. The minimum Gasteiger partial charge on any atom is -0.457 e. The van der Waals surface area contributed by atoms with Gasteiger partial charge in [-0.15, -0.1) is 0 Å². The van der Waals surface area contributed by atoms with E-state index in [0.29, 0.717) is 13.0 Å². The molecule has 0 fully saturated rings. The van der Waals surface area contributed by atoms with Crippen molar-refractivity contribution in [3.8, 4) is 0 Å². The van der Waals surface area contributed by atoms with Crippen molar-refractivity contribution in [2.75, 3.05) is 33.0 Å². The summed E-state index contributed by atoms with van der Waals surface area (Å²) in [6.07, 6.45) is 36.5. The molecular weight excluding hydrogens is 613 g/mol. The molecule has 280 valence electrons. The van der Waals surface area contributed by atoms with E-state index in [1.165, 1.54) is 135 Å². The lowest BCUT2D eigenvalue weighted by Crippen LogP contribution is -2.28. The van der Waals surface area contributed by atoms with E-state index in [0.717, 1.165) is 32.1 Å². The van der Waals surface area contributed by atoms with E-state index in [9.17, 15) is 14.3 Å². The number of phosphoric acid groups is 1. The highest BCUT2D eigenvalue weighted by Crippen LogP contribution is 2.43. The highest BCUT2D eigenvalue weighted by atomic mass is 31.2. The maximum Gasteiger partial charge on any atom is 0.472 e. The van der Waals surface area contributed by atoms with Crippen molar-refractivity contribution >= 4 is 13.8 Å². The number of carbonyl (C=O) groups excluding carboxylic acids is 1. The van der Waals surface area contributed by atoms with Crippen molar-refractivity contribution in [3.63, 3.8) is 0 Å². The summed E-state index contributed by atoms with van der Waals surface area (Å²) >= 11 is 0. The summed E-state index contributed by atoms with van der Waals surface area (Å²) in [5.74, 6) is -0.331. The summed E-state index contributed by atoms with van der Waals surface area (Å²) in [6, 6.07) is 0. The summed E-state index contributed by atoms with van der Waals surface area (Å²) in [5, 5.41) is 0. The average molecular weight is 690 g/mol. The van der Waals surface area contributed by atoms with Crippen LogP contribution in [0.15, 0.2) is 12.2 Å². The van der Waals surface area contributed by atoms with Gasteiger partial charge in [-0.1, -0.05) is 154 Å². The highest BCUT2D eigenvalue weighted by Gasteiger charge is 2.25. The molecule has 2 unspecified atom stereocenters. The van der Waals surface area contributed by atoms with Gasteiger partial charge in [-0.25, -0.2) is 4.57 Å². The topological polar surface area (TPSA) is 117 Å². The quantitative estimate of drug-likeness (QED) is 0.0285. The van der Waals surface area contributed by atoms with Crippen molar-refractivity contribution < 1.29 is 32.8 Å². The Morgan fingerprint density at radius 3 is 1.55 bits per heavy atom. The molecule has 0 radical (unpaired) electrons. The Balaban J connectivity index is 4.05. The number of unbranched alkanes of at least 4 members (excludes halogenated alkanes) is 23. The van der Waals surface area contributed by atoms with Gasteiger partial charge in [-0.05, 0) is 38.5 Å². The highest BCUT2D eigenvalue weighted by molar-refractivity contribution is 7.47. The maximum atomic E-state index is 12.5. The molecule has 0 saturated heterocycles. The Hall–Kier alpha value is -0.760. The fourth-order valence-electron chi connectivity index (χ4n) is 5.52. The molecule has 0 saturated carbocycles. The smallest absolute Gasteiger partial charge is 0.457 e. The molecule has 8 nitrogen and oxygen atoms in total. The first-order valence-corrected chi connectivity index (χ1v) is 21.2. The molecule has 9 heteroatoms.